The minimum atomic E-state index is -0.187. The molecule has 0 radical (unpaired) electrons. The number of aromatic nitrogens is 1. The van der Waals surface area contributed by atoms with Gasteiger partial charge >= 0.3 is 0 Å². The van der Waals surface area contributed by atoms with Gasteiger partial charge in [0.2, 0.25) is 0 Å². The number of aryl methyl sites for hydroxylation is 1. The highest BCUT2D eigenvalue weighted by molar-refractivity contribution is 6.03. The Morgan fingerprint density at radius 1 is 1.12 bits per heavy atom. The zero-order valence-corrected chi connectivity index (χ0v) is 15.4. The average Bonchev–Trinajstić information content (AvgIpc) is 2.48. The zero-order chi connectivity index (χ0) is 17.9. The van der Waals surface area contributed by atoms with E-state index in [-0.39, 0.29) is 11.4 Å². The number of pyridine rings is 1. The van der Waals surface area contributed by atoms with Crippen molar-refractivity contribution < 1.29 is 4.79 Å². The Labute approximate surface area is 144 Å². The van der Waals surface area contributed by atoms with Crippen molar-refractivity contribution in [3.63, 3.8) is 0 Å². The second-order valence-corrected chi connectivity index (χ2v) is 7.46. The number of para-hydroxylation sites is 1. The summed E-state index contributed by atoms with van der Waals surface area (Å²) in [6.45, 7) is 12.5. The molecular weight excluding hydrogens is 298 g/mol. The summed E-state index contributed by atoms with van der Waals surface area (Å²) in [5.41, 5.74) is 4.34. The van der Waals surface area contributed by atoms with E-state index in [4.69, 9.17) is 0 Å². The van der Waals surface area contributed by atoms with Crippen molar-refractivity contribution in [2.75, 3.05) is 10.6 Å². The van der Waals surface area contributed by atoms with E-state index in [1.54, 1.807) is 12.3 Å². The van der Waals surface area contributed by atoms with Gasteiger partial charge in [0.15, 0.2) is 0 Å². The summed E-state index contributed by atoms with van der Waals surface area (Å²) in [7, 11) is 0. The van der Waals surface area contributed by atoms with Crippen LogP contribution in [-0.4, -0.2) is 16.4 Å². The molecule has 2 rings (SSSR count). The Morgan fingerprint density at radius 3 is 2.38 bits per heavy atom. The summed E-state index contributed by atoms with van der Waals surface area (Å²) in [6.07, 6.45) is 1.70. The van der Waals surface area contributed by atoms with Crippen LogP contribution in [0.3, 0.4) is 0 Å². The van der Waals surface area contributed by atoms with Crippen LogP contribution in [0.25, 0.3) is 0 Å². The van der Waals surface area contributed by atoms with E-state index in [0.29, 0.717) is 11.6 Å². The lowest BCUT2D eigenvalue weighted by molar-refractivity contribution is 0.102. The number of carbonyl (C=O) groups excluding carboxylic acids is 1. The van der Waals surface area contributed by atoms with Crippen LogP contribution in [0.5, 0.6) is 0 Å². The molecule has 24 heavy (non-hydrogen) atoms. The SMILES string of the molecule is Cc1cccc(C(C)C)c1NC(=O)c1ccc(NC(C)(C)C)cn1. The van der Waals surface area contributed by atoms with Crippen LogP contribution in [0.2, 0.25) is 0 Å². The lowest BCUT2D eigenvalue weighted by Crippen LogP contribution is -2.26. The minimum absolute atomic E-state index is 0.0429. The number of carbonyl (C=O) groups is 1. The van der Waals surface area contributed by atoms with Crippen LogP contribution in [0.15, 0.2) is 36.5 Å². The minimum Gasteiger partial charge on any atom is -0.379 e. The molecule has 1 heterocycles. The average molecular weight is 325 g/mol. The molecule has 4 nitrogen and oxygen atoms in total. The number of nitrogens with one attached hydrogen (secondary N) is 2. The summed E-state index contributed by atoms with van der Waals surface area (Å²) in [5.74, 6) is 0.153. The molecule has 0 aliphatic heterocycles. The van der Waals surface area contributed by atoms with E-state index >= 15 is 0 Å². The first-order valence-electron chi connectivity index (χ1n) is 8.32. The standard InChI is InChI=1S/C20H27N3O/c1-13(2)16-9-7-8-14(3)18(16)22-19(24)17-11-10-15(12-21-17)23-20(4,5)6/h7-13,23H,1-6H3,(H,22,24). The topological polar surface area (TPSA) is 54.0 Å². The van der Waals surface area contributed by atoms with Crippen LogP contribution in [0, 0.1) is 6.92 Å². The molecule has 2 N–H and O–H groups in total. The van der Waals surface area contributed by atoms with E-state index in [0.717, 1.165) is 22.5 Å². The van der Waals surface area contributed by atoms with Crippen molar-refractivity contribution in [3.8, 4) is 0 Å². The normalized spacial score (nSPS) is 11.5. The molecule has 4 heteroatoms. The van der Waals surface area contributed by atoms with E-state index in [1.807, 2.05) is 25.1 Å². The largest absolute Gasteiger partial charge is 0.379 e. The third kappa shape index (κ3) is 4.57. The quantitative estimate of drug-likeness (QED) is 0.834. The molecule has 128 valence electrons. The number of hydrogen-bond donors (Lipinski definition) is 2. The summed E-state index contributed by atoms with van der Waals surface area (Å²) < 4.78 is 0. The highest BCUT2D eigenvalue weighted by atomic mass is 16.1. The van der Waals surface area contributed by atoms with Gasteiger partial charge in [0.05, 0.1) is 11.9 Å². The van der Waals surface area contributed by atoms with Crippen LogP contribution in [0.4, 0.5) is 11.4 Å². The van der Waals surface area contributed by atoms with E-state index in [2.05, 4.69) is 56.3 Å². The molecule has 0 saturated heterocycles. The maximum atomic E-state index is 12.5. The maximum absolute atomic E-state index is 12.5. The van der Waals surface area contributed by atoms with Crippen molar-refractivity contribution in [1.29, 1.82) is 0 Å². The van der Waals surface area contributed by atoms with Crippen LogP contribution in [-0.2, 0) is 0 Å². The Hall–Kier alpha value is -2.36. The summed E-state index contributed by atoms with van der Waals surface area (Å²) >= 11 is 0. The fourth-order valence-corrected chi connectivity index (χ4v) is 2.56. The number of nitrogens with zero attached hydrogens (tertiary/aromatic N) is 1. The van der Waals surface area contributed by atoms with Gasteiger partial charge < -0.3 is 10.6 Å². The lowest BCUT2D eigenvalue weighted by Gasteiger charge is -2.21. The monoisotopic (exact) mass is 325 g/mol. The fourth-order valence-electron chi connectivity index (χ4n) is 2.56. The van der Waals surface area contributed by atoms with Crippen molar-refractivity contribution in [2.24, 2.45) is 0 Å². The number of benzene rings is 1. The van der Waals surface area contributed by atoms with Gasteiger partial charge in [0.1, 0.15) is 5.69 Å². The summed E-state index contributed by atoms with van der Waals surface area (Å²) in [4.78, 5) is 16.8. The fraction of sp³-hybridized carbons (Fsp3) is 0.400. The van der Waals surface area contributed by atoms with Gasteiger partial charge in [-0.15, -0.1) is 0 Å². The Kier molecular flexibility index (Phi) is 5.27. The molecule has 0 spiro atoms. The first-order chi connectivity index (χ1) is 11.2. The third-order valence-electron chi connectivity index (χ3n) is 3.68. The van der Waals surface area contributed by atoms with Crippen molar-refractivity contribution in [3.05, 3.63) is 53.3 Å². The lowest BCUT2D eigenvalue weighted by atomic mass is 9.98. The first-order valence-corrected chi connectivity index (χ1v) is 8.32. The van der Waals surface area contributed by atoms with Gasteiger partial charge in [-0.2, -0.15) is 0 Å². The van der Waals surface area contributed by atoms with Crippen molar-refractivity contribution in [1.82, 2.24) is 4.98 Å². The van der Waals surface area contributed by atoms with Crippen molar-refractivity contribution >= 4 is 17.3 Å². The Morgan fingerprint density at radius 2 is 1.83 bits per heavy atom. The highest BCUT2D eigenvalue weighted by Gasteiger charge is 2.15. The van der Waals surface area contributed by atoms with Crippen LogP contribution >= 0.6 is 0 Å². The molecule has 1 amide bonds. The molecule has 0 unspecified atom stereocenters. The van der Waals surface area contributed by atoms with Gasteiger partial charge in [-0.1, -0.05) is 32.0 Å². The van der Waals surface area contributed by atoms with E-state index in [1.165, 1.54) is 0 Å². The predicted molar refractivity (Wildman–Crippen MR) is 101 cm³/mol. The molecule has 0 bridgehead atoms. The van der Waals surface area contributed by atoms with Gasteiger partial charge in [0, 0.05) is 11.2 Å². The molecule has 1 aromatic heterocycles. The zero-order valence-electron chi connectivity index (χ0n) is 15.4. The van der Waals surface area contributed by atoms with Gasteiger partial charge in [0.25, 0.3) is 5.91 Å². The second-order valence-electron chi connectivity index (χ2n) is 7.46. The number of amides is 1. The molecule has 0 atom stereocenters. The Bertz CT molecular complexity index is 713. The van der Waals surface area contributed by atoms with E-state index in [9.17, 15) is 4.79 Å². The van der Waals surface area contributed by atoms with E-state index < -0.39 is 0 Å². The molecule has 0 aliphatic rings. The molecular formula is C20H27N3O. The third-order valence-corrected chi connectivity index (χ3v) is 3.68. The molecule has 0 fully saturated rings. The van der Waals surface area contributed by atoms with Crippen molar-refractivity contribution in [2.45, 2.75) is 53.0 Å². The van der Waals surface area contributed by atoms with Gasteiger partial charge in [-0.05, 0) is 56.9 Å². The van der Waals surface area contributed by atoms with Crippen LogP contribution < -0.4 is 10.6 Å². The number of hydrogen-bond acceptors (Lipinski definition) is 3. The smallest absolute Gasteiger partial charge is 0.274 e. The Balaban J connectivity index is 2.19. The molecule has 1 aromatic carbocycles. The second kappa shape index (κ2) is 7.04. The molecule has 0 saturated carbocycles. The molecule has 2 aromatic rings. The summed E-state index contributed by atoms with van der Waals surface area (Å²) in [6, 6.07) is 9.71. The number of anilines is 2. The summed E-state index contributed by atoms with van der Waals surface area (Å²) in [5, 5.41) is 6.36. The van der Waals surface area contributed by atoms with Gasteiger partial charge in [-0.3, -0.25) is 4.79 Å². The maximum Gasteiger partial charge on any atom is 0.274 e. The first kappa shape index (κ1) is 18.0. The van der Waals surface area contributed by atoms with Gasteiger partial charge in [-0.25, -0.2) is 4.98 Å². The number of rotatable bonds is 4. The molecule has 0 aliphatic carbocycles. The van der Waals surface area contributed by atoms with Crippen LogP contribution in [0.1, 0.15) is 62.2 Å². The predicted octanol–water partition coefficient (Wildman–Crippen LogP) is 4.98. The highest BCUT2D eigenvalue weighted by Crippen LogP contribution is 2.27.